The van der Waals surface area contributed by atoms with Crippen LogP contribution in [0.4, 0.5) is 0 Å². The van der Waals surface area contributed by atoms with Crippen LogP contribution >= 0.6 is 0 Å². The molecule has 0 aromatic rings. The molecule has 1 amide bonds. The van der Waals surface area contributed by atoms with Crippen LogP contribution in [-0.4, -0.2) is 35.4 Å². The van der Waals surface area contributed by atoms with E-state index in [1.54, 1.807) is 0 Å². The van der Waals surface area contributed by atoms with Crippen LogP contribution < -0.4 is 5.32 Å². The Morgan fingerprint density at radius 1 is 0.714 bits per heavy atom. The van der Waals surface area contributed by atoms with Crippen LogP contribution in [0.1, 0.15) is 129 Å². The van der Waals surface area contributed by atoms with Crippen molar-refractivity contribution in [2.75, 3.05) is 13.2 Å². The molecular weight excluding hydrogens is 350 g/mol. The van der Waals surface area contributed by atoms with Gasteiger partial charge in [-0.25, -0.2) is 0 Å². The summed E-state index contributed by atoms with van der Waals surface area (Å²) >= 11 is 0. The maximum absolute atomic E-state index is 11.6. The summed E-state index contributed by atoms with van der Waals surface area (Å²) in [5.74, 6) is 0.229. The van der Waals surface area contributed by atoms with Crippen molar-refractivity contribution in [3.63, 3.8) is 0 Å². The molecule has 0 fully saturated rings. The highest BCUT2D eigenvalue weighted by molar-refractivity contribution is 5.75. The van der Waals surface area contributed by atoms with Crippen LogP contribution in [-0.2, 0) is 4.79 Å². The fourth-order valence-corrected chi connectivity index (χ4v) is 3.59. The molecule has 0 aromatic heterocycles. The Morgan fingerprint density at radius 2 is 1.21 bits per heavy atom. The molecule has 4 nitrogen and oxygen atoms in total. The van der Waals surface area contributed by atoms with E-state index in [0.29, 0.717) is 12.8 Å². The van der Waals surface area contributed by atoms with Gasteiger partial charge in [0.15, 0.2) is 0 Å². The van der Waals surface area contributed by atoms with Gasteiger partial charge in [0.25, 0.3) is 0 Å². The summed E-state index contributed by atoms with van der Waals surface area (Å²) in [4.78, 5) is 11.6. The molecule has 1 atom stereocenters. The molecule has 0 heterocycles. The van der Waals surface area contributed by atoms with Crippen LogP contribution in [0.15, 0.2) is 0 Å². The highest BCUT2D eigenvalue weighted by atomic mass is 16.3. The molecule has 0 aliphatic heterocycles. The maximum Gasteiger partial charge on any atom is 0.219 e. The lowest BCUT2D eigenvalue weighted by molar-refractivity contribution is -0.121. The quantitative estimate of drug-likeness (QED) is 0.199. The summed E-state index contributed by atoms with van der Waals surface area (Å²) in [5.41, 5.74) is 0. The lowest BCUT2D eigenvalue weighted by Gasteiger charge is -2.08. The van der Waals surface area contributed by atoms with Crippen molar-refractivity contribution in [2.24, 2.45) is 0 Å². The number of nitrogens with one attached hydrogen (secondary N) is 1. The first-order chi connectivity index (χ1) is 13.7. The van der Waals surface area contributed by atoms with Gasteiger partial charge in [-0.3, -0.25) is 4.79 Å². The van der Waals surface area contributed by atoms with Crippen molar-refractivity contribution >= 4 is 5.91 Å². The van der Waals surface area contributed by atoms with Crippen molar-refractivity contribution in [3.8, 4) is 0 Å². The van der Waals surface area contributed by atoms with E-state index in [0.717, 1.165) is 38.6 Å². The van der Waals surface area contributed by atoms with E-state index in [1.165, 1.54) is 77.0 Å². The first kappa shape index (κ1) is 27.4. The standard InChI is InChI=1S/C24H49NO3/c1-2-3-15-19-24(28)25-21-17-14-12-10-8-6-4-5-7-9-11-13-16-18-23(27)20-22-26/h23,26-27H,2-22H2,1H3,(H,25,28). The molecule has 0 saturated heterocycles. The number of carbonyl (C=O) groups is 1. The van der Waals surface area contributed by atoms with Crippen LogP contribution in [0.25, 0.3) is 0 Å². The molecule has 28 heavy (non-hydrogen) atoms. The zero-order chi connectivity index (χ0) is 20.7. The monoisotopic (exact) mass is 399 g/mol. The number of carbonyl (C=O) groups excluding carboxylic acids is 1. The zero-order valence-electron chi connectivity index (χ0n) is 18.7. The number of unbranched alkanes of at least 4 members (excludes halogenated alkanes) is 14. The molecule has 3 N–H and O–H groups in total. The largest absolute Gasteiger partial charge is 0.396 e. The predicted octanol–water partition coefficient (Wildman–Crippen LogP) is 5.89. The van der Waals surface area contributed by atoms with Gasteiger partial charge in [0.05, 0.1) is 6.10 Å². The molecule has 0 aromatic carbocycles. The molecule has 0 saturated carbocycles. The van der Waals surface area contributed by atoms with Gasteiger partial charge in [0.2, 0.25) is 5.91 Å². The highest BCUT2D eigenvalue weighted by Crippen LogP contribution is 2.13. The van der Waals surface area contributed by atoms with Crippen molar-refractivity contribution in [2.45, 2.75) is 135 Å². The second kappa shape index (κ2) is 22.7. The van der Waals surface area contributed by atoms with E-state index in [-0.39, 0.29) is 18.6 Å². The topological polar surface area (TPSA) is 69.6 Å². The van der Waals surface area contributed by atoms with E-state index in [1.807, 2.05) is 0 Å². The average molecular weight is 400 g/mol. The van der Waals surface area contributed by atoms with Gasteiger partial charge in [0, 0.05) is 19.6 Å². The Labute approximate surface area is 174 Å². The Bertz CT molecular complexity index is 323. The third kappa shape index (κ3) is 21.7. The molecule has 4 heteroatoms. The molecular formula is C24H49NO3. The average Bonchev–Trinajstić information content (AvgIpc) is 2.68. The summed E-state index contributed by atoms with van der Waals surface area (Å²) in [5, 5.41) is 21.3. The summed E-state index contributed by atoms with van der Waals surface area (Å²) in [6.45, 7) is 3.11. The Balaban J connectivity index is 3.11. The van der Waals surface area contributed by atoms with Crippen LogP contribution in [0.3, 0.4) is 0 Å². The van der Waals surface area contributed by atoms with Gasteiger partial charge >= 0.3 is 0 Å². The van der Waals surface area contributed by atoms with E-state index < -0.39 is 0 Å². The molecule has 0 radical (unpaired) electrons. The summed E-state index contributed by atoms with van der Waals surface area (Å²) < 4.78 is 0. The van der Waals surface area contributed by atoms with Crippen molar-refractivity contribution < 1.29 is 15.0 Å². The molecule has 0 bridgehead atoms. The van der Waals surface area contributed by atoms with E-state index >= 15 is 0 Å². The van der Waals surface area contributed by atoms with Gasteiger partial charge in [-0.2, -0.15) is 0 Å². The van der Waals surface area contributed by atoms with Crippen LogP contribution in [0.5, 0.6) is 0 Å². The number of hydrogen-bond donors (Lipinski definition) is 3. The molecule has 168 valence electrons. The number of amides is 1. The third-order valence-electron chi connectivity index (χ3n) is 5.51. The van der Waals surface area contributed by atoms with Gasteiger partial charge in [-0.15, -0.1) is 0 Å². The smallest absolute Gasteiger partial charge is 0.219 e. The van der Waals surface area contributed by atoms with Gasteiger partial charge in [-0.05, 0) is 25.7 Å². The number of hydrogen-bond acceptors (Lipinski definition) is 3. The minimum Gasteiger partial charge on any atom is -0.396 e. The summed E-state index contributed by atoms with van der Waals surface area (Å²) in [6, 6.07) is 0. The maximum atomic E-state index is 11.6. The lowest BCUT2D eigenvalue weighted by Crippen LogP contribution is -2.23. The van der Waals surface area contributed by atoms with E-state index in [9.17, 15) is 9.90 Å². The minimum atomic E-state index is -0.306. The van der Waals surface area contributed by atoms with Crippen LogP contribution in [0.2, 0.25) is 0 Å². The fraction of sp³-hybridized carbons (Fsp3) is 0.958. The van der Waals surface area contributed by atoms with Gasteiger partial charge in [0.1, 0.15) is 0 Å². The van der Waals surface area contributed by atoms with E-state index in [4.69, 9.17) is 5.11 Å². The zero-order valence-corrected chi connectivity index (χ0v) is 18.7. The minimum absolute atomic E-state index is 0.0958. The molecule has 0 aliphatic carbocycles. The third-order valence-corrected chi connectivity index (χ3v) is 5.51. The van der Waals surface area contributed by atoms with Gasteiger partial charge < -0.3 is 15.5 Å². The Morgan fingerprint density at radius 3 is 1.71 bits per heavy atom. The van der Waals surface area contributed by atoms with E-state index in [2.05, 4.69) is 12.2 Å². The summed E-state index contributed by atoms with van der Waals surface area (Å²) in [6.07, 6.45) is 21.8. The Kier molecular flexibility index (Phi) is 22.2. The van der Waals surface area contributed by atoms with Crippen molar-refractivity contribution in [1.29, 1.82) is 0 Å². The SMILES string of the molecule is CCCCCC(=O)NCCCCCCCCCCCCCCCC(O)CCO. The lowest BCUT2D eigenvalue weighted by atomic mass is 10.0. The van der Waals surface area contributed by atoms with Gasteiger partial charge in [-0.1, -0.05) is 96.8 Å². The normalized spacial score (nSPS) is 12.2. The molecule has 1 unspecified atom stereocenters. The van der Waals surface area contributed by atoms with Crippen molar-refractivity contribution in [1.82, 2.24) is 5.32 Å². The molecule has 0 aliphatic rings. The predicted molar refractivity (Wildman–Crippen MR) is 119 cm³/mol. The fourth-order valence-electron chi connectivity index (χ4n) is 3.59. The first-order valence-corrected chi connectivity index (χ1v) is 12.3. The number of aliphatic hydroxyl groups excluding tert-OH is 2. The second-order valence-corrected chi connectivity index (χ2v) is 8.36. The number of aliphatic hydroxyl groups is 2. The van der Waals surface area contributed by atoms with Crippen molar-refractivity contribution in [3.05, 3.63) is 0 Å². The second-order valence-electron chi connectivity index (χ2n) is 8.36. The first-order valence-electron chi connectivity index (χ1n) is 12.3. The number of rotatable bonds is 22. The summed E-state index contributed by atoms with van der Waals surface area (Å²) in [7, 11) is 0. The van der Waals surface area contributed by atoms with Crippen LogP contribution in [0, 0.1) is 0 Å². The molecule has 0 rings (SSSR count). The highest BCUT2D eigenvalue weighted by Gasteiger charge is 2.02. The Hall–Kier alpha value is -0.610. The molecule has 0 spiro atoms.